The van der Waals surface area contributed by atoms with E-state index in [-0.39, 0.29) is 29.4 Å². The van der Waals surface area contributed by atoms with Crippen molar-refractivity contribution in [1.82, 2.24) is 14.7 Å². The second-order valence-electron chi connectivity index (χ2n) is 6.41. The lowest BCUT2D eigenvalue weighted by Gasteiger charge is -2.10. The number of rotatable bonds is 5. The van der Waals surface area contributed by atoms with Gasteiger partial charge in [-0.1, -0.05) is 24.3 Å². The van der Waals surface area contributed by atoms with Crippen molar-refractivity contribution in [3.63, 3.8) is 0 Å². The van der Waals surface area contributed by atoms with E-state index in [4.69, 9.17) is 4.74 Å². The summed E-state index contributed by atoms with van der Waals surface area (Å²) in [7, 11) is 0. The summed E-state index contributed by atoms with van der Waals surface area (Å²) < 4.78 is 7.16. The maximum Gasteiger partial charge on any atom is 0.287 e. The number of hydrogen-bond donors (Lipinski definition) is 2. The van der Waals surface area contributed by atoms with E-state index in [0.29, 0.717) is 17.7 Å². The monoisotopic (exact) mass is 364 g/mol. The third-order valence-corrected chi connectivity index (χ3v) is 4.51. The van der Waals surface area contributed by atoms with Crippen molar-refractivity contribution in [2.45, 2.75) is 18.9 Å². The molecule has 1 aliphatic heterocycles. The zero-order valence-electron chi connectivity index (χ0n) is 14.7. The summed E-state index contributed by atoms with van der Waals surface area (Å²) >= 11 is 0. The predicted molar refractivity (Wildman–Crippen MR) is 101 cm³/mol. The molecule has 0 saturated carbocycles. The van der Waals surface area contributed by atoms with E-state index >= 15 is 0 Å². The van der Waals surface area contributed by atoms with Crippen LogP contribution in [0.3, 0.4) is 0 Å². The molecule has 2 amide bonds. The molecule has 0 aliphatic carbocycles. The molecule has 1 atom stereocenters. The molecule has 0 bridgehead atoms. The topological polar surface area (TPSA) is 84.7 Å². The van der Waals surface area contributed by atoms with Gasteiger partial charge in [0.15, 0.2) is 5.69 Å². The van der Waals surface area contributed by atoms with Gasteiger partial charge in [0.25, 0.3) is 11.8 Å². The highest BCUT2D eigenvalue weighted by Crippen LogP contribution is 2.16. The van der Waals surface area contributed by atoms with Gasteiger partial charge in [0, 0.05) is 25.0 Å². The lowest BCUT2D eigenvalue weighted by atomic mass is 10.2. The van der Waals surface area contributed by atoms with Crippen molar-refractivity contribution in [1.29, 1.82) is 0 Å². The lowest BCUT2D eigenvalue weighted by molar-refractivity contribution is 0.0848. The molecule has 0 spiro atoms. The lowest BCUT2D eigenvalue weighted by Crippen LogP contribution is -2.33. The Morgan fingerprint density at radius 3 is 2.70 bits per heavy atom. The summed E-state index contributed by atoms with van der Waals surface area (Å²) in [6.07, 6.45) is 3.72. The summed E-state index contributed by atoms with van der Waals surface area (Å²) in [4.78, 5) is 29.6. The fraction of sp³-hybridized carbons (Fsp3) is 0.250. The van der Waals surface area contributed by atoms with Crippen LogP contribution in [0.1, 0.15) is 33.9 Å². The molecule has 2 N–H and O–H groups in total. The Kier molecular flexibility index (Phi) is 4.84. The minimum atomic E-state index is -0.358. The number of hydrogen-bond acceptors (Lipinski definition) is 4. The van der Waals surface area contributed by atoms with Gasteiger partial charge in [-0.3, -0.25) is 14.0 Å². The van der Waals surface area contributed by atoms with Crippen LogP contribution in [-0.4, -0.2) is 40.5 Å². The highest BCUT2D eigenvalue weighted by atomic mass is 16.5. The summed E-state index contributed by atoms with van der Waals surface area (Å²) in [5.41, 5.74) is 1.46. The first kappa shape index (κ1) is 17.2. The van der Waals surface area contributed by atoms with Crippen LogP contribution >= 0.6 is 0 Å². The van der Waals surface area contributed by atoms with Crippen molar-refractivity contribution in [3.8, 4) is 0 Å². The molecule has 3 heterocycles. The number of ether oxygens (including phenoxy) is 1. The maximum atomic E-state index is 12.7. The van der Waals surface area contributed by atoms with Gasteiger partial charge >= 0.3 is 0 Å². The van der Waals surface area contributed by atoms with Crippen molar-refractivity contribution in [2.75, 3.05) is 18.5 Å². The van der Waals surface area contributed by atoms with Crippen LogP contribution in [0.5, 0.6) is 0 Å². The second kappa shape index (κ2) is 7.59. The van der Waals surface area contributed by atoms with Crippen LogP contribution in [0.15, 0.2) is 54.7 Å². The average Bonchev–Trinajstić information content (AvgIpc) is 3.35. The number of carbonyl (C=O) groups excluding carboxylic acids is 2. The SMILES string of the molecule is O=C(Nc1ccccc1)c1nc(C(=O)NCC2CCCO2)n2ccccc12. The van der Waals surface area contributed by atoms with Gasteiger partial charge in [0.1, 0.15) is 0 Å². The van der Waals surface area contributed by atoms with Crippen LogP contribution in [0.25, 0.3) is 5.52 Å². The Balaban J connectivity index is 1.58. The largest absolute Gasteiger partial charge is 0.376 e. The molecular formula is C20H20N4O3. The average molecular weight is 364 g/mol. The van der Waals surface area contributed by atoms with Crippen LogP contribution in [0.4, 0.5) is 5.69 Å². The minimum absolute atomic E-state index is 0.0426. The van der Waals surface area contributed by atoms with Crippen molar-refractivity contribution in [3.05, 3.63) is 66.2 Å². The van der Waals surface area contributed by atoms with E-state index in [9.17, 15) is 9.59 Å². The number of pyridine rings is 1. The molecule has 4 rings (SSSR count). The molecule has 7 heteroatoms. The summed E-state index contributed by atoms with van der Waals surface area (Å²) in [6, 6.07) is 14.5. The first-order valence-electron chi connectivity index (χ1n) is 8.95. The number of nitrogens with zero attached hydrogens (tertiary/aromatic N) is 2. The van der Waals surface area contributed by atoms with Gasteiger partial charge in [-0.25, -0.2) is 4.98 Å². The molecule has 1 unspecified atom stereocenters. The fourth-order valence-electron chi connectivity index (χ4n) is 3.17. The highest BCUT2D eigenvalue weighted by molar-refractivity contribution is 6.08. The third-order valence-electron chi connectivity index (χ3n) is 4.51. The van der Waals surface area contributed by atoms with Gasteiger partial charge in [0.05, 0.1) is 11.6 Å². The van der Waals surface area contributed by atoms with E-state index in [1.54, 1.807) is 34.9 Å². The van der Waals surface area contributed by atoms with Crippen LogP contribution < -0.4 is 10.6 Å². The molecule has 7 nitrogen and oxygen atoms in total. The van der Waals surface area contributed by atoms with Gasteiger partial charge in [-0.2, -0.15) is 0 Å². The molecule has 2 aromatic heterocycles. The second-order valence-corrected chi connectivity index (χ2v) is 6.41. The van der Waals surface area contributed by atoms with Crippen LogP contribution in [0, 0.1) is 0 Å². The number of aromatic nitrogens is 2. The summed E-state index contributed by atoms with van der Waals surface area (Å²) in [5.74, 6) is -0.504. The van der Waals surface area contributed by atoms with Crippen LogP contribution in [0.2, 0.25) is 0 Å². The number of fused-ring (bicyclic) bond motifs is 1. The smallest absolute Gasteiger partial charge is 0.287 e. The number of benzene rings is 1. The number of nitrogens with one attached hydrogen (secondary N) is 2. The summed E-state index contributed by atoms with van der Waals surface area (Å²) in [6.45, 7) is 1.17. The minimum Gasteiger partial charge on any atom is -0.376 e. The fourth-order valence-corrected chi connectivity index (χ4v) is 3.17. The number of anilines is 1. The highest BCUT2D eigenvalue weighted by Gasteiger charge is 2.23. The Bertz CT molecular complexity index is 962. The first-order chi connectivity index (χ1) is 13.2. The van der Waals surface area contributed by atoms with E-state index < -0.39 is 0 Å². The Morgan fingerprint density at radius 1 is 1.11 bits per heavy atom. The quantitative estimate of drug-likeness (QED) is 0.728. The molecular weight excluding hydrogens is 344 g/mol. The van der Waals surface area contributed by atoms with Crippen molar-refractivity contribution >= 4 is 23.0 Å². The van der Waals surface area contributed by atoms with E-state index in [1.807, 2.05) is 24.3 Å². The van der Waals surface area contributed by atoms with Gasteiger partial charge < -0.3 is 15.4 Å². The molecule has 1 fully saturated rings. The molecule has 1 saturated heterocycles. The number of para-hydroxylation sites is 1. The van der Waals surface area contributed by atoms with E-state index in [0.717, 1.165) is 19.4 Å². The normalized spacial score (nSPS) is 16.4. The zero-order valence-corrected chi connectivity index (χ0v) is 14.7. The van der Waals surface area contributed by atoms with Gasteiger partial charge in [-0.05, 0) is 37.1 Å². The van der Waals surface area contributed by atoms with Crippen molar-refractivity contribution < 1.29 is 14.3 Å². The van der Waals surface area contributed by atoms with Crippen LogP contribution in [-0.2, 0) is 4.74 Å². The molecule has 1 aliphatic rings. The van der Waals surface area contributed by atoms with Crippen molar-refractivity contribution in [2.24, 2.45) is 0 Å². The molecule has 1 aromatic carbocycles. The predicted octanol–water partition coefficient (Wildman–Crippen LogP) is 2.50. The molecule has 0 radical (unpaired) electrons. The van der Waals surface area contributed by atoms with Gasteiger partial charge in [-0.15, -0.1) is 0 Å². The summed E-state index contributed by atoms with van der Waals surface area (Å²) in [5, 5.41) is 5.67. The standard InChI is InChI=1S/C20H20N4O3/c25-19(22-14-7-2-1-3-8-14)17-16-10-4-5-11-24(16)18(23-17)20(26)21-13-15-9-6-12-27-15/h1-5,7-8,10-11,15H,6,9,12-13H2,(H,21,26)(H,22,25). The number of amides is 2. The Labute approximate surface area is 156 Å². The van der Waals surface area contributed by atoms with E-state index in [1.165, 1.54) is 0 Å². The number of carbonyl (C=O) groups is 2. The van der Waals surface area contributed by atoms with E-state index in [2.05, 4.69) is 15.6 Å². The maximum absolute atomic E-state index is 12.7. The van der Waals surface area contributed by atoms with Gasteiger partial charge in [0.2, 0.25) is 5.82 Å². The first-order valence-corrected chi connectivity index (χ1v) is 8.95. The molecule has 138 valence electrons. The Morgan fingerprint density at radius 2 is 1.93 bits per heavy atom. The molecule has 3 aromatic rings. The molecule has 27 heavy (non-hydrogen) atoms. The third kappa shape index (κ3) is 3.68. The zero-order chi connectivity index (χ0) is 18.6. The number of imidazole rings is 1. The Hall–Kier alpha value is -3.19.